The van der Waals surface area contributed by atoms with E-state index in [1.807, 2.05) is 0 Å². The molecule has 0 bridgehead atoms. The largest absolute Gasteiger partial charge is 0.0836 e. The molecule has 0 heterocycles. The van der Waals surface area contributed by atoms with Crippen molar-refractivity contribution in [2.24, 2.45) is 29.6 Å². The molecule has 0 aliphatic heterocycles. The lowest BCUT2D eigenvalue weighted by Crippen LogP contribution is -2.16. The summed E-state index contributed by atoms with van der Waals surface area (Å²) in [4.78, 5) is 0. The van der Waals surface area contributed by atoms with Crippen molar-refractivity contribution in [3.8, 4) is 0 Å². The van der Waals surface area contributed by atoms with Crippen LogP contribution in [0.25, 0.3) is 0 Å². The second kappa shape index (κ2) is 10.4. The van der Waals surface area contributed by atoms with Gasteiger partial charge in [0.05, 0.1) is 0 Å². The van der Waals surface area contributed by atoms with Gasteiger partial charge in [-0.25, -0.2) is 0 Å². The SMILES string of the molecule is C/C=C(/C1=CC(C)C(CC(C)CCCC2CCCCC2)C=C1)C(C)C. The highest BCUT2D eigenvalue weighted by Crippen LogP contribution is 2.34. The molecule has 0 nitrogen and oxygen atoms in total. The Morgan fingerprint density at radius 1 is 1.16 bits per heavy atom. The molecular formula is C25H42. The highest BCUT2D eigenvalue weighted by atomic mass is 14.3. The highest BCUT2D eigenvalue weighted by molar-refractivity contribution is 5.43. The molecule has 1 fully saturated rings. The summed E-state index contributed by atoms with van der Waals surface area (Å²) >= 11 is 0. The van der Waals surface area contributed by atoms with E-state index in [4.69, 9.17) is 0 Å². The van der Waals surface area contributed by atoms with Gasteiger partial charge in [0.2, 0.25) is 0 Å². The van der Waals surface area contributed by atoms with Crippen LogP contribution in [0.2, 0.25) is 0 Å². The van der Waals surface area contributed by atoms with Gasteiger partial charge in [0.1, 0.15) is 0 Å². The van der Waals surface area contributed by atoms with Crippen molar-refractivity contribution in [3.63, 3.8) is 0 Å². The van der Waals surface area contributed by atoms with Gasteiger partial charge in [0, 0.05) is 0 Å². The lowest BCUT2D eigenvalue weighted by atomic mass is 9.78. The molecule has 0 aromatic carbocycles. The molecule has 0 saturated heterocycles. The van der Waals surface area contributed by atoms with Gasteiger partial charge < -0.3 is 0 Å². The first-order valence-electron chi connectivity index (χ1n) is 11.1. The third-order valence-electron chi connectivity index (χ3n) is 6.62. The molecule has 1 saturated carbocycles. The first kappa shape index (κ1) is 20.5. The summed E-state index contributed by atoms with van der Waals surface area (Å²) < 4.78 is 0. The predicted molar refractivity (Wildman–Crippen MR) is 113 cm³/mol. The monoisotopic (exact) mass is 342 g/mol. The van der Waals surface area contributed by atoms with Crippen molar-refractivity contribution in [3.05, 3.63) is 35.5 Å². The van der Waals surface area contributed by atoms with E-state index in [-0.39, 0.29) is 0 Å². The molecule has 3 unspecified atom stereocenters. The van der Waals surface area contributed by atoms with Crippen molar-refractivity contribution in [2.45, 2.75) is 92.4 Å². The number of hydrogen-bond acceptors (Lipinski definition) is 0. The van der Waals surface area contributed by atoms with Gasteiger partial charge in [0.15, 0.2) is 0 Å². The van der Waals surface area contributed by atoms with Crippen molar-refractivity contribution < 1.29 is 0 Å². The normalized spacial score (nSPS) is 26.8. The van der Waals surface area contributed by atoms with Crippen molar-refractivity contribution in [2.75, 3.05) is 0 Å². The van der Waals surface area contributed by atoms with Gasteiger partial charge in [-0.2, -0.15) is 0 Å². The molecule has 0 aromatic rings. The van der Waals surface area contributed by atoms with Crippen LogP contribution in [-0.2, 0) is 0 Å². The smallest absolute Gasteiger partial charge is 0.0167 e. The summed E-state index contributed by atoms with van der Waals surface area (Å²) in [7, 11) is 0. The number of allylic oxidation sites excluding steroid dienone is 6. The van der Waals surface area contributed by atoms with Crippen molar-refractivity contribution in [1.29, 1.82) is 0 Å². The van der Waals surface area contributed by atoms with Crippen LogP contribution in [0.15, 0.2) is 35.5 Å². The Balaban J connectivity index is 1.75. The summed E-state index contributed by atoms with van der Waals surface area (Å²) in [6, 6.07) is 0. The fourth-order valence-corrected chi connectivity index (χ4v) is 5.00. The van der Waals surface area contributed by atoms with Gasteiger partial charge in [-0.1, -0.05) is 103 Å². The maximum Gasteiger partial charge on any atom is -0.0167 e. The Bertz CT molecular complexity index is 470. The molecule has 2 aliphatic carbocycles. The zero-order chi connectivity index (χ0) is 18.2. The third kappa shape index (κ3) is 6.46. The predicted octanol–water partition coefficient (Wildman–Crippen LogP) is 8.11. The molecule has 2 rings (SSSR count). The standard InChI is InChI=1S/C25H42/c1-6-25(19(2)3)24-16-15-23(21(5)18-24)17-20(4)11-10-14-22-12-8-7-9-13-22/h6,15-16,18-23H,7-14,17H2,1-5H3/b25-6+. The van der Waals surface area contributed by atoms with Crippen LogP contribution in [0.4, 0.5) is 0 Å². The van der Waals surface area contributed by atoms with Gasteiger partial charge in [-0.15, -0.1) is 0 Å². The molecule has 0 aromatic heterocycles. The first-order chi connectivity index (χ1) is 12.0. The van der Waals surface area contributed by atoms with E-state index in [0.29, 0.717) is 11.8 Å². The number of hydrogen-bond donors (Lipinski definition) is 0. The maximum atomic E-state index is 2.52. The molecule has 0 spiro atoms. The van der Waals surface area contributed by atoms with Crippen molar-refractivity contribution >= 4 is 0 Å². The summed E-state index contributed by atoms with van der Waals surface area (Å²) in [6.45, 7) is 11.7. The van der Waals surface area contributed by atoms with Crippen LogP contribution in [0, 0.1) is 29.6 Å². The third-order valence-corrected chi connectivity index (χ3v) is 6.62. The fraction of sp³-hybridized carbons (Fsp3) is 0.760. The molecular weight excluding hydrogens is 300 g/mol. The summed E-state index contributed by atoms with van der Waals surface area (Å²) in [5, 5.41) is 0. The Hall–Kier alpha value is -0.780. The van der Waals surface area contributed by atoms with E-state index in [1.54, 1.807) is 0 Å². The van der Waals surface area contributed by atoms with Gasteiger partial charge in [-0.05, 0) is 54.1 Å². The first-order valence-corrected chi connectivity index (χ1v) is 11.1. The van der Waals surface area contributed by atoms with Gasteiger partial charge >= 0.3 is 0 Å². The second-order valence-electron chi connectivity index (χ2n) is 9.18. The van der Waals surface area contributed by atoms with Crippen LogP contribution in [0.3, 0.4) is 0 Å². The average Bonchev–Trinajstić information content (AvgIpc) is 2.58. The summed E-state index contributed by atoms with van der Waals surface area (Å²) in [5.74, 6) is 3.94. The van der Waals surface area contributed by atoms with Crippen molar-refractivity contribution in [1.82, 2.24) is 0 Å². The van der Waals surface area contributed by atoms with Crippen LogP contribution in [0.1, 0.15) is 92.4 Å². The van der Waals surface area contributed by atoms with E-state index in [0.717, 1.165) is 17.8 Å². The number of rotatable bonds is 8. The molecule has 0 radical (unpaired) electrons. The Morgan fingerprint density at radius 2 is 1.88 bits per heavy atom. The Labute approximate surface area is 157 Å². The van der Waals surface area contributed by atoms with Gasteiger partial charge in [0.25, 0.3) is 0 Å². The fourth-order valence-electron chi connectivity index (χ4n) is 5.00. The lowest BCUT2D eigenvalue weighted by Gasteiger charge is -2.28. The lowest BCUT2D eigenvalue weighted by molar-refractivity contribution is 0.307. The van der Waals surface area contributed by atoms with Gasteiger partial charge in [-0.3, -0.25) is 0 Å². The molecule has 2 aliphatic rings. The quantitative estimate of drug-likeness (QED) is 0.418. The minimum Gasteiger partial charge on any atom is -0.0836 e. The minimum atomic E-state index is 0.614. The van der Waals surface area contributed by atoms with E-state index in [2.05, 4.69) is 58.9 Å². The maximum absolute atomic E-state index is 2.52. The molecule has 0 heteroatoms. The van der Waals surface area contributed by atoms with E-state index < -0.39 is 0 Å². The highest BCUT2D eigenvalue weighted by Gasteiger charge is 2.21. The molecule has 0 N–H and O–H groups in total. The molecule has 3 atom stereocenters. The Morgan fingerprint density at radius 3 is 2.48 bits per heavy atom. The zero-order valence-corrected chi connectivity index (χ0v) is 17.6. The van der Waals surface area contributed by atoms with Crippen LogP contribution in [-0.4, -0.2) is 0 Å². The minimum absolute atomic E-state index is 0.614. The van der Waals surface area contributed by atoms with Crippen LogP contribution < -0.4 is 0 Å². The average molecular weight is 343 g/mol. The second-order valence-corrected chi connectivity index (χ2v) is 9.18. The van der Waals surface area contributed by atoms with E-state index in [9.17, 15) is 0 Å². The molecule has 142 valence electrons. The van der Waals surface area contributed by atoms with Crippen LogP contribution >= 0.6 is 0 Å². The molecule has 0 amide bonds. The molecule has 25 heavy (non-hydrogen) atoms. The summed E-state index contributed by atoms with van der Waals surface area (Å²) in [6.07, 6.45) is 22.9. The topological polar surface area (TPSA) is 0 Å². The summed E-state index contributed by atoms with van der Waals surface area (Å²) in [5.41, 5.74) is 2.97. The Kier molecular flexibility index (Phi) is 8.53. The van der Waals surface area contributed by atoms with E-state index in [1.165, 1.54) is 68.9 Å². The van der Waals surface area contributed by atoms with Crippen LogP contribution in [0.5, 0.6) is 0 Å². The van der Waals surface area contributed by atoms with E-state index >= 15 is 0 Å². The zero-order valence-electron chi connectivity index (χ0n) is 17.6.